The van der Waals surface area contributed by atoms with Gasteiger partial charge in [-0.1, -0.05) is 26.7 Å². The predicted octanol–water partition coefficient (Wildman–Crippen LogP) is 2.81. The molecule has 0 aromatic rings. The molecular formula is C12H23N. The maximum atomic E-state index is 3.68. The number of hydrogen-bond acceptors (Lipinski definition) is 1. The van der Waals surface area contributed by atoms with E-state index in [1.165, 1.54) is 38.6 Å². The van der Waals surface area contributed by atoms with E-state index in [9.17, 15) is 0 Å². The number of hydrogen-bond donors (Lipinski definition) is 1. The van der Waals surface area contributed by atoms with Gasteiger partial charge in [0, 0.05) is 6.04 Å². The number of rotatable bonds is 1. The summed E-state index contributed by atoms with van der Waals surface area (Å²) in [5.41, 5.74) is 0. The van der Waals surface area contributed by atoms with E-state index in [0.29, 0.717) is 0 Å². The Morgan fingerprint density at radius 1 is 1.15 bits per heavy atom. The largest absolute Gasteiger partial charge is 0.314 e. The molecule has 0 aromatic carbocycles. The fourth-order valence-corrected chi connectivity index (χ4v) is 3.14. The van der Waals surface area contributed by atoms with Crippen LogP contribution in [0.4, 0.5) is 0 Å². The summed E-state index contributed by atoms with van der Waals surface area (Å²) in [6, 6.07) is 0.870. The fourth-order valence-electron chi connectivity index (χ4n) is 3.14. The summed E-state index contributed by atoms with van der Waals surface area (Å²) in [5.74, 6) is 2.89. The summed E-state index contributed by atoms with van der Waals surface area (Å²) in [6.45, 7) is 6.06. The standard InChI is InChI=1S/C12H23N/c1-9(2)11-5-3-4-10-6-7-13-12(10)8-11/h9-13H,3-8H2,1-2H3. The molecule has 0 radical (unpaired) electrons. The van der Waals surface area contributed by atoms with E-state index in [4.69, 9.17) is 0 Å². The second-order valence-corrected chi connectivity index (χ2v) is 5.28. The van der Waals surface area contributed by atoms with E-state index in [1.54, 1.807) is 0 Å². The molecule has 1 heteroatoms. The highest BCUT2D eigenvalue weighted by Gasteiger charge is 2.32. The van der Waals surface area contributed by atoms with Crippen molar-refractivity contribution in [3.8, 4) is 0 Å². The third-order valence-electron chi connectivity index (χ3n) is 4.14. The number of nitrogens with one attached hydrogen (secondary N) is 1. The van der Waals surface area contributed by atoms with Gasteiger partial charge in [-0.15, -0.1) is 0 Å². The Kier molecular flexibility index (Phi) is 2.92. The van der Waals surface area contributed by atoms with Gasteiger partial charge in [-0.25, -0.2) is 0 Å². The highest BCUT2D eigenvalue weighted by molar-refractivity contribution is 4.88. The van der Waals surface area contributed by atoms with Crippen LogP contribution in [-0.4, -0.2) is 12.6 Å². The fraction of sp³-hybridized carbons (Fsp3) is 1.00. The van der Waals surface area contributed by atoms with E-state index in [0.717, 1.165) is 23.8 Å². The van der Waals surface area contributed by atoms with Crippen LogP contribution >= 0.6 is 0 Å². The summed E-state index contributed by atoms with van der Waals surface area (Å²) in [7, 11) is 0. The molecule has 0 spiro atoms. The molecule has 2 rings (SSSR count). The highest BCUT2D eigenvalue weighted by Crippen LogP contribution is 2.35. The van der Waals surface area contributed by atoms with Gasteiger partial charge >= 0.3 is 0 Å². The molecule has 1 saturated heterocycles. The second kappa shape index (κ2) is 4.00. The zero-order chi connectivity index (χ0) is 9.26. The van der Waals surface area contributed by atoms with E-state index in [1.807, 2.05) is 0 Å². The molecule has 2 aliphatic rings. The summed E-state index contributed by atoms with van der Waals surface area (Å²) in [5, 5.41) is 3.68. The minimum absolute atomic E-state index is 0.870. The summed E-state index contributed by atoms with van der Waals surface area (Å²) in [6.07, 6.45) is 7.33. The van der Waals surface area contributed by atoms with Gasteiger partial charge in [0.25, 0.3) is 0 Å². The molecule has 0 aromatic heterocycles. The van der Waals surface area contributed by atoms with Crippen molar-refractivity contribution in [3.05, 3.63) is 0 Å². The molecule has 1 nitrogen and oxygen atoms in total. The molecule has 1 aliphatic heterocycles. The van der Waals surface area contributed by atoms with Crippen LogP contribution in [0.15, 0.2) is 0 Å². The van der Waals surface area contributed by atoms with Crippen molar-refractivity contribution in [2.24, 2.45) is 17.8 Å². The Morgan fingerprint density at radius 2 is 2.00 bits per heavy atom. The molecule has 1 N–H and O–H groups in total. The Hall–Kier alpha value is -0.0400. The lowest BCUT2D eigenvalue weighted by Gasteiger charge is -2.23. The third kappa shape index (κ3) is 2.07. The minimum Gasteiger partial charge on any atom is -0.314 e. The van der Waals surface area contributed by atoms with Crippen molar-refractivity contribution < 1.29 is 0 Å². The Balaban J connectivity index is 1.96. The van der Waals surface area contributed by atoms with Gasteiger partial charge in [0.15, 0.2) is 0 Å². The molecule has 3 atom stereocenters. The third-order valence-corrected chi connectivity index (χ3v) is 4.14. The van der Waals surface area contributed by atoms with Crippen molar-refractivity contribution in [3.63, 3.8) is 0 Å². The molecule has 76 valence electrons. The molecule has 3 unspecified atom stereocenters. The Morgan fingerprint density at radius 3 is 2.77 bits per heavy atom. The van der Waals surface area contributed by atoms with Crippen LogP contribution in [0.2, 0.25) is 0 Å². The average Bonchev–Trinajstić information content (AvgIpc) is 2.42. The average molecular weight is 181 g/mol. The summed E-state index contributed by atoms with van der Waals surface area (Å²) >= 11 is 0. The van der Waals surface area contributed by atoms with Gasteiger partial charge in [-0.3, -0.25) is 0 Å². The van der Waals surface area contributed by atoms with Gasteiger partial charge < -0.3 is 5.32 Å². The van der Waals surface area contributed by atoms with Crippen molar-refractivity contribution in [1.82, 2.24) is 5.32 Å². The van der Waals surface area contributed by atoms with E-state index < -0.39 is 0 Å². The molecule has 1 heterocycles. The van der Waals surface area contributed by atoms with Crippen LogP contribution in [0, 0.1) is 17.8 Å². The minimum atomic E-state index is 0.870. The van der Waals surface area contributed by atoms with Crippen LogP contribution < -0.4 is 5.32 Å². The lowest BCUT2D eigenvalue weighted by atomic mass is 9.87. The first-order valence-corrected chi connectivity index (χ1v) is 6.00. The van der Waals surface area contributed by atoms with Crippen molar-refractivity contribution >= 4 is 0 Å². The SMILES string of the molecule is CC(C)C1CCCC2CCNC2C1. The maximum absolute atomic E-state index is 3.68. The first-order chi connectivity index (χ1) is 6.27. The van der Waals surface area contributed by atoms with Gasteiger partial charge in [-0.2, -0.15) is 0 Å². The molecule has 0 amide bonds. The summed E-state index contributed by atoms with van der Waals surface area (Å²) < 4.78 is 0. The number of fused-ring (bicyclic) bond motifs is 1. The van der Waals surface area contributed by atoms with Gasteiger partial charge in [0.2, 0.25) is 0 Å². The molecule has 0 bridgehead atoms. The maximum Gasteiger partial charge on any atom is 0.00985 e. The lowest BCUT2D eigenvalue weighted by molar-refractivity contribution is 0.309. The van der Waals surface area contributed by atoms with Crippen molar-refractivity contribution in [2.75, 3.05) is 6.54 Å². The Bertz CT molecular complexity index is 165. The second-order valence-electron chi connectivity index (χ2n) is 5.28. The van der Waals surface area contributed by atoms with Crippen LogP contribution in [0.3, 0.4) is 0 Å². The van der Waals surface area contributed by atoms with Gasteiger partial charge in [0.1, 0.15) is 0 Å². The quantitative estimate of drug-likeness (QED) is 0.656. The van der Waals surface area contributed by atoms with Gasteiger partial charge in [-0.05, 0) is 43.6 Å². The normalized spacial score (nSPS) is 40.4. The highest BCUT2D eigenvalue weighted by atomic mass is 15.0. The van der Waals surface area contributed by atoms with Gasteiger partial charge in [0.05, 0.1) is 0 Å². The Labute approximate surface area is 82.3 Å². The topological polar surface area (TPSA) is 12.0 Å². The molecule has 1 aliphatic carbocycles. The van der Waals surface area contributed by atoms with Crippen molar-refractivity contribution in [2.45, 2.75) is 52.0 Å². The molecular weight excluding hydrogens is 158 g/mol. The molecule has 2 fully saturated rings. The van der Waals surface area contributed by atoms with E-state index in [2.05, 4.69) is 19.2 Å². The lowest BCUT2D eigenvalue weighted by Crippen LogP contribution is -2.29. The van der Waals surface area contributed by atoms with E-state index >= 15 is 0 Å². The monoisotopic (exact) mass is 181 g/mol. The zero-order valence-corrected chi connectivity index (χ0v) is 9.05. The predicted molar refractivity (Wildman–Crippen MR) is 56.7 cm³/mol. The van der Waals surface area contributed by atoms with Crippen LogP contribution in [0.1, 0.15) is 46.0 Å². The summed E-state index contributed by atoms with van der Waals surface area (Å²) in [4.78, 5) is 0. The molecule has 13 heavy (non-hydrogen) atoms. The van der Waals surface area contributed by atoms with E-state index in [-0.39, 0.29) is 0 Å². The zero-order valence-electron chi connectivity index (χ0n) is 9.05. The first kappa shape index (κ1) is 9.51. The molecule has 1 saturated carbocycles. The van der Waals surface area contributed by atoms with Crippen LogP contribution in [-0.2, 0) is 0 Å². The van der Waals surface area contributed by atoms with Crippen LogP contribution in [0.25, 0.3) is 0 Å². The van der Waals surface area contributed by atoms with Crippen LogP contribution in [0.5, 0.6) is 0 Å². The van der Waals surface area contributed by atoms with Crippen molar-refractivity contribution in [1.29, 1.82) is 0 Å². The first-order valence-electron chi connectivity index (χ1n) is 6.00. The smallest absolute Gasteiger partial charge is 0.00985 e.